The van der Waals surface area contributed by atoms with E-state index in [4.69, 9.17) is 4.98 Å². The molecule has 3 rings (SSSR count). The van der Waals surface area contributed by atoms with Gasteiger partial charge in [-0.15, -0.1) is 0 Å². The van der Waals surface area contributed by atoms with Crippen LogP contribution in [0, 0.1) is 6.92 Å². The molecular formula is C21H31N5. The second-order valence-corrected chi connectivity index (χ2v) is 6.94. The molecule has 0 unspecified atom stereocenters. The maximum absolute atomic E-state index is 4.76. The van der Waals surface area contributed by atoms with Crippen LogP contribution in [0.1, 0.15) is 45.1 Å². The summed E-state index contributed by atoms with van der Waals surface area (Å²) in [5, 5.41) is 3.47. The van der Waals surface area contributed by atoms with Gasteiger partial charge in [-0.2, -0.15) is 4.98 Å². The Bertz CT molecular complexity index is 703. The molecule has 0 radical (unpaired) electrons. The minimum absolute atomic E-state index is 0.842. The van der Waals surface area contributed by atoms with Crippen LogP contribution in [-0.4, -0.2) is 36.1 Å². The molecule has 2 aromatic rings. The molecule has 140 valence electrons. The van der Waals surface area contributed by atoms with Crippen molar-refractivity contribution in [3.05, 3.63) is 36.0 Å². The van der Waals surface area contributed by atoms with Gasteiger partial charge >= 0.3 is 0 Å². The molecule has 1 N–H and O–H groups in total. The van der Waals surface area contributed by atoms with E-state index >= 15 is 0 Å². The fourth-order valence-electron chi connectivity index (χ4n) is 3.55. The third-order valence-corrected chi connectivity index (χ3v) is 5.13. The number of hydrogen-bond acceptors (Lipinski definition) is 5. The molecule has 26 heavy (non-hydrogen) atoms. The van der Waals surface area contributed by atoms with E-state index in [1.54, 1.807) is 0 Å². The number of benzene rings is 1. The molecule has 1 fully saturated rings. The third-order valence-electron chi connectivity index (χ3n) is 5.13. The van der Waals surface area contributed by atoms with E-state index in [9.17, 15) is 0 Å². The second-order valence-electron chi connectivity index (χ2n) is 6.94. The maximum Gasteiger partial charge on any atom is 0.227 e. The average Bonchev–Trinajstić information content (AvgIpc) is 2.95. The Morgan fingerprint density at radius 3 is 2.42 bits per heavy atom. The van der Waals surface area contributed by atoms with Gasteiger partial charge in [0, 0.05) is 43.8 Å². The number of hydrogen-bond donors (Lipinski definition) is 1. The largest absolute Gasteiger partial charge is 0.372 e. The van der Waals surface area contributed by atoms with Crippen molar-refractivity contribution in [2.24, 2.45) is 0 Å². The number of rotatable bonds is 6. The molecule has 0 spiro atoms. The summed E-state index contributed by atoms with van der Waals surface area (Å²) >= 11 is 0. The fraction of sp³-hybridized carbons (Fsp3) is 0.524. The van der Waals surface area contributed by atoms with Gasteiger partial charge in [-0.3, -0.25) is 0 Å². The van der Waals surface area contributed by atoms with Crippen LogP contribution in [0.4, 0.5) is 23.1 Å². The lowest BCUT2D eigenvalue weighted by Crippen LogP contribution is -2.26. The molecule has 1 aromatic carbocycles. The SMILES string of the molecule is CCN(CC)c1ccc(Nc2ccnc(N3CCCCCC3)n2)c(C)c1. The van der Waals surface area contributed by atoms with E-state index in [0.29, 0.717) is 0 Å². The van der Waals surface area contributed by atoms with Crippen molar-refractivity contribution in [3.8, 4) is 0 Å². The summed E-state index contributed by atoms with van der Waals surface area (Å²) in [6.45, 7) is 10.7. The highest BCUT2D eigenvalue weighted by Gasteiger charge is 2.13. The highest BCUT2D eigenvalue weighted by molar-refractivity contribution is 5.65. The Labute approximate surface area is 157 Å². The number of anilines is 4. The smallest absolute Gasteiger partial charge is 0.227 e. The number of aryl methyl sites for hydroxylation is 1. The van der Waals surface area contributed by atoms with E-state index in [2.05, 4.69) is 59.1 Å². The first-order chi connectivity index (χ1) is 12.7. The lowest BCUT2D eigenvalue weighted by atomic mass is 10.1. The second kappa shape index (κ2) is 8.88. The van der Waals surface area contributed by atoms with Crippen LogP contribution in [0.2, 0.25) is 0 Å². The zero-order valence-electron chi connectivity index (χ0n) is 16.3. The van der Waals surface area contributed by atoms with Gasteiger partial charge in [0.05, 0.1) is 0 Å². The van der Waals surface area contributed by atoms with Gasteiger partial charge < -0.3 is 15.1 Å². The van der Waals surface area contributed by atoms with Crippen molar-refractivity contribution in [1.82, 2.24) is 9.97 Å². The summed E-state index contributed by atoms with van der Waals surface area (Å²) in [7, 11) is 0. The van der Waals surface area contributed by atoms with E-state index in [0.717, 1.165) is 43.6 Å². The van der Waals surface area contributed by atoms with Gasteiger partial charge in [-0.1, -0.05) is 12.8 Å². The van der Waals surface area contributed by atoms with Gasteiger partial charge in [0.1, 0.15) is 5.82 Å². The summed E-state index contributed by atoms with van der Waals surface area (Å²) in [6.07, 6.45) is 6.94. The molecule has 1 aliphatic rings. The standard InChI is InChI=1S/C21H31N5/c1-4-25(5-2)18-10-11-19(17(3)16-18)23-20-12-13-22-21(24-20)26-14-8-6-7-9-15-26/h10-13,16H,4-9,14-15H2,1-3H3,(H,22,23,24). The molecule has 0 aliphatic carbocycles. The monoisotopic (exact) mass is 353 g/mol. The first-order valence-corrected chi connectivity index (χ1v) is 9.92. The van der Waals surface area contributed by atoms with Crippen LogP contribution >= 0.6 is 0 Å². The summed E-state index contributed by atoms with van der Waals surface area (Å²) in [5.41, 5.74) is 3.59. The van der Waals surface area contributed by atoms with Crippen LogP contribution in [-0.2, 0) is 0 Å². The quantitative estimate of drug-likeness (QED) is 0.811. The Morgan fingerprint density at radius 2 is 1.77 bits per heavy atom. The Kier molecular flexibility index (Phi) is 6.31. The fourth-order valence-corrected chi connectivity index (χ4v) is 3.55. The zero-order valence-corrected chi connectivity index (χ0v) is 16.3. The third kappa shape index (κ3) is 4.45. The molecule has 0 saturated carbocycles. The lowest BCUT2D eigenvalue weighted by Gasteiger charge is -2.23. The summed E-state index contributed by atoms with van der Waals surface area (Å²) < 4.78 is 0. The van der Waals surface area contributed by atoms with E-state index in [1.165, 1.54) is 36.9 Å². The Hall–Kier alpha value is -2.30. The number of nitrogens with one attached hydrogen (secondary N) is 1. The Balaban J connectivity index is 1.75. The highest BCUT2D eigenvalue weighted by Crippen LogP contribution is 2.25. The van der Waals surface area contributed by atoms with Gasteiger partial charge in [-0.25, -0.2) is 4.98 Å². The molecule has 1 aliphatic heterocycles. The number of aromatic nitrogens is 2. The van der Waals surface area contributed by atoms with Crippen molar-refractivity contribution < 1.29 is 0 Å². The molecule has 0 amide bonds. The van der Waals surface area contributed by atoms with Crippen LogP contribution in [0.25, 0.3) is 0 Å². The van der Waals surface area contributed by atoms with Crippen molar-refractivity contribution in [3.63, 3.8) is 0 Å². The Morgan fingerprint density at radius 1 is 1.04 bits per heavy atom. The van der Waals surface area contributed by atoms with Crippen LogP contribution in [0.15, 0.2) is 30.5 Å². The molecule has 5 nitrogen and oxygen atoms in total. The van der Waals surface area contributed by atoms with Crippen LogP contribution < -0.4 is 15.1 Å². The van der Waals surface area contributed by atoms with Crippen molar-refractivity contribution in [2.75, 3.05) is 41.3 Å². The molecule has 1 aromatic heterocycles. The molecule has 0 bridgehead atoms. The van der Waals surface area contributed by atoms with Gasteiger partial charge in [0.15, 0.2) is 0 Å². The predicted molar refractivity (Wildman–Crippen MR) is 111 cm³/mol. The molecule has 5 heteroatoms. The van der Waals surface area contributed by atoms with Gasteiger partial charge in [-0.05, 0) is 63.4 Å². The van der Waals surface area contributed by atoms with Crippen molar-refractivity contribution >= 4 is 23.1 Å². The average molecular weight is 354 g/mol. The van der Waals surface area contributed by atoms with Crippen LogP contribution in [0.5, 0.6) is 0 Å². The van der Waals surface area contributed by atoms with Crippen molar-refractivity contribution in [2.45, 2.75) is 46.5 Å². The molecular weight excluding hydrogens is 322 g/mol. The predicted octanol–water partition coefficient (Wildman–Crippen LogP) is 4.76. The van der Waals surface area contributed by atoms with Crippen molar-refractivity contribution in [1.29, 1.82) is 0 Å². The minimum atomic E-state index is 0.842. The molecule has 1 saturated heterocycles. The van der Waals surface area contributed by atoms with Gasteiger partial charge in [0.25, 0.3) is 0 Å². The topological polar surface area (TPSA) is 44.3 Å². The summed E-state index contributed by atoms with van der Waals surface area (Å²) in [5.74, 6) is 1.70. The number of nitrogens with zero attached hydrogens (tertiary/aromatic N) is 4. The van der Waals surface area contributed by atoms with E-state index in [1.807, 2.05) is 12.3 Å². The normalized spacial score (nSPS) is 14.8. The summed E-state index contributed by atoms with van der Waals surface area (Å²) in [4.78, 5) is 13.9. The molecule has 2 heterocycles. The first-order valence-electron chi connectivity index (χ1n) is 9.92. The van der Waals surface area contributed by atoms with E-state index in [-0.39, 0.29) is 0 Å². The van der Waals surface area contributed by atoms with Gasteiger partial charge in [0.2, 0.25) is 5.95 Å². The first kappa shape index (κ1) is 18.5. The van der Waals surface area contributed by atoms with E-state index < -0.39 is 0 Å². The van der Waals surface area contributed by atoms with Crippen LogP contribution in [0.3, 0.4) is 0 Å². The highest BCUT2D eigenvalue weighted by atomic mass is 15.3. The maximum atomic E-state index is 4.76. The lowest BCUT2D eigenvalue weighted by molar-refractivity contribution is 0.726. The minimum Gasteiger partial charge on any atom is -0.372 e. The zero-order chi connectivity index (χ0) is 18.4. The summed E-state index contributed by atoms with van der Waals surface area (Å²) in [6, 6.07) is 8.52. The molecule has 0 atom stereocenters.